The monoisotopic (exact) mass is 271 g/mol. The van der Waals surface area contributed by atoms with Gasteiger partial charge in [-0.05, 0) is 12.1 Å². The molecule has 0 fully saturated rings. The Kier molecular flexibility index (Phi) is 3.13. The number of aromatic nitrogens is 2. The Balaban J connectivity index is 2.77. The van der Waals surface area contributed by atoms with Crippen LogP contribution in [0.15, 0.2) is 24.4 Å². The number of hydrogen-bond donors (Lipinski definition) is 1. The van der Waals surface area contributed by atoms with Crippen molar-refractivity contribution in [2.75, 3.05) is 12.8 Å². The molecule has 0 aliphatic carbocycles. The summed E-state index contributed by atoms with van der Waals surface area (Å²) in [5.41, 5.74) is 5.06. The zero-order valence-electron chi connectivity index (χ0n) is 10.3. The van der Waals surface area contributed by atoms with E-state index in [2.05, 4.69) is 5.10 Å². The highest BCUT2D eigenvalue weighted by Gasteiger charge is 2.36. The molecule has 0 aliphatic rings. The van der Waals surface area contributed by atoms with Crippen molar-refractivity contribution in [1.29, 1.82) is 0 Å². The van der Waals surface area contributed by atoms with Crippen LogP contribution in [0, 0.1) is 0 Å². The Morgan fingerprint density at radius 2 is 2.00 bits per heavy atom. The summed E-state index contributed by atoms with van der Waals surface area (Å²) in [6.45, 7) is 0. The Bertz CT molecular complexity index is 605. The lowest BCUT2D eigenvalue weighted by Gasteiger charge is -2.15. The number of nitrogen functional groups attached to an aromatic ring is 1. The molecular weight excluding hydrogens is 259 g/mol. The predicted molar refractivity (Wildman–Crippen MR) is 64.6 cm³/mol. The summed E-state index contributed by atoms with van der Waals surface area (Å²) in [5, 5.41) is 3.86. The van der Waals surface area contributed by atoms with Crippen molar-refractivity contribution in [2.24, 2.45) is 7.05 Å². The number of nitrogens with zero attached hydrogens (tertiary/aromatic N) is 2. The summed E-state index contributed by atoms with van der Waals surface area (Å²) in [7, 11) is 2.87. The lowest BCUT2D eigenvalue weighted by atomic mass is 10.00. The molecule has 2 aromatic rings. The van der Waals surface area contributed by atoms with Crippen molar-refractivity contribution in [3.63, 3.8) is 0 Å². The number of aryl methyl sites for hydroxylation is 1. The van der Waals surface area contributed by atoms with E-state index >= 15 is 0 Å². The average molecular weight is 271 g/mol. The molecule has 19 heavy (non-hydrogen) atoms. The molecule has 2 rings (SSSR count). The number of hydrogen-bond acceptors (Lipinski definition) is 3. The topological polar surface area (TPSA) is 53.1 Å². The maximum absolute atomic E-state index is 13.1. The number of nitrogens with two attached hydrogens (primary N) is 1. The standard InChI is InChI=1S/C12H12F3N3O/c1-18-11(16)7(6-17-18)10-8(12(13,14)15)4-3-5-9(10)19-2/h3-6H,16H2,1-2H3. The Morgan fingerprint density at radius 3 is 2.47 bits per heavy atom. The second-order valence-corrected chi connectivity index (χ2v) is 3.95. The van der Waals surface area contributed by atoms with Gasteiger partial charge < -0.3 is 10.5 Å². The minimum Gasteiger partial charge on any atom is -0.496 e. The molecule has 7 heteroatoms. The number of ether oxygens (including phenoxy) is 1. The third kappa shape index (κ3) is 2.23. The van der Waals surface area contributed by atoms with Gasteiger partial charge in [-0.1, -0.05) is 6.07 Å². The number of benzene rings is 1. The van der Waals surface area contributed by atoms with Gasteiger partial charge in [-0.3, -0.25) is 4.68 Å². The molecule has 102 valence electrons. The quantitative estimate of drug-likeness (QED) is 0.913. The number of methoxy groups -OCH3 is 1. The van der Waals surface area contributed by atoms with Crippen molar-refractivity contribution in [1.82, 2.24) is 9.78 Å². The maximum Gasteiger partial charge on any atom is 0.417 e. The van der Waals surface area contributed by atoms with Crippen LogP contribution in [0.5, 0.6) is 5.75 Å². The highest BCUT2D eigenvalue weighted by atomic mass is 19.4. The van der Waals surface area contributed by atoms with E-state index in [-0.39, 0.29) is 22.7 Å². The molecule has 2 N–H and O–H groups in total. The van der Waals surface area contributed by atoms with E-state index in [1.807, 2.05) is 0 Å². The van der Waals surface area contributed by atoms with Gasteiger partial charge in [-0.25, -0.2) is 0 Å². The molecule has 0 spiro atoms. The first kappa shape index (κ1) is 13.3. The third-order valence-electron chi connectivity index (χ3n) is 2.81. The largest absolute Gasteiger partial charge is 0.496 e. The van der Waals surface area contributed by atoms with Crippen LogP contribution in [0.3, 0.4) is 0 Å². The van der Waals surface area contributed by atoms with Crippen molar-refractivity contribution < 1.29 is 17.9 Å². The fourth-order valence-electron chi connectivity index (χ4n) is 1.85. The minimum atomic E-state index is -4.49. The van der Waals surface area contributed by atoms with E-state index in [0.29, 0.717) is 0 Å². The summed E-state index contributed by atoms with van der Waals surface area (Å²) in [6, 6.07) is 3.74. The average Bonchev–Trinajstić information content (AvgIpc) is 2.68. The van der Waals surface area contributed by atoms with Crippen LogP contribution in [0.1, 0.15) is 5.56 Å². The molecule has 0 radical (unpaired) electrons. The van der Waals surface area contributed by atoms with E-state index in [1.54, 1.807) is 7.05 Å². The maximum atomic E-state index is 13.1. The Hall–Kier alpha value is -2.18. The fraction of sp³-hybridized carbons (Fsp3) is 0.250. The highest BCUT2D eigenvalue weighted by molar-refractivity contribution is 5.81. The van der Waals surface area contributed by atoms with Crippen molar-refractivity contribution in [3.8, 4) is 16.9 Å². The normalized spacial score (nSPS) is 11.6. The van der Waals surface area contributed by atoms with Gasteiger partial charge in [0.15, 0.2) is 0 Å². The van der Waals surface area contributed by atoms with E-state index in [1.165, 1.54) is 30.1 Å². The second-order valence-electron chi connectivity index (χ2n) is 3.95. The molecular formula is C12H12F3N3O. The summed E-state index contributed by atoms with van der Waals surface area (Å²) in [5.74, 6) is 0.254. The SMILES string of the molecule is COc1cccc(C(F)(F)F)c1-c1cnn(C)c1N. The predicted octanol–water partition coefficient (Wildman–Crippen LogP) is 2.70. The van der Waals surface area contributed by atoms with Gasteiger partial charge in [-0.2, -0.15) is 18.3 Å². The second kappa shape index (κ2) is 4.49. The molecule has 0 aliphatic heterocycles. The first-order valence-electron chi connectivity index (χ1n) is 5.38. The smallest absolute Gasteiger partial charge is 0.417 e. The molecule has 1 aromatic carbocycles. The van der Waals surface area contributed by atoms with Crippen LogP contribution in [0.2, 0.25) is 0 Å². The van der Waals surface area contributed by atoms with Crippen LogP contribution < -0.4 is 10.5 Å². The van der Waals surface area contributed by atoms with E-state index in [9.17, 15) is 13.2 Å². The molecule has 0 unspecified atom stereocenters. The van der Waals surface area contributed by atoms with Gasteiger partial charge in [0.25, 0.3) is 0 Å². The first-order valence-corrected chi connectivity index (χ1v) is 5.38. The summed E-state index contributed by atoms with van der Waals surface area (Å²) in [4.78, 5) is 0. The lowest BCUT2D eigenvalue weighted by molar-refractivity contribution is -0.137. The first-order chi connectivity index (χ1) is 8.86. The molecule has 0 saturated carbocycles. The third-order valence-corrected chi connectivity index (χ3v) is 2.81. The molecule has 4 nitrogen and oxygen atoms in total. The van der Waals surface area contributed by atoms with Gasteiger partial charge in [0.2, 0.25) is 0 Å². The number of rotatable bonds is 2. The van der Waals surface area contributed by atoms with E-state index in [0.717, 1.165) is 6.07 Å². The molecule has 0 amide bonds. The van der Waals surface area contributed by atoms with E-state index in [4.69, 9.17) is 10.5 Å². The lowest BCUT2D eigenvalue weighted by Crippen LogP contribution is -2.09. The van der Waals surface area contributed by atoms with Crippen molar-refractivity contribution in [2.45, 2.75) is 6.18 Å². The molecule has 0 saturated heterocycles. The van der Waals surface area contributed by atoms with Crippen molar-refractivity contribution in [3.05, 3.63) is 30.0 Å². The van der Waals surface area contributed by atoms with Gasteiger partial charge >= 0.3 is 6.18 Å². The van der Waals surface area contributed by atoms with Gasteiger partial charge in [-0.15, -0.1) is 0 Å². The Morgan fingerprint density at radius 1 is 1.32 bits per heavy atom. The summed E-state index contributed by atoms with van der Waals surface area (Å²) in [6.07, 6.45) is -3.20. The van der Waals surface area contributed by atoms with Crippen LogP contribution >= 0.6 is 0 Å². The molecule has 1 aromatic heterocycles. The van der Waals surface area contributed by atoms with Crippen LogP contribution in [0.25, 0.3) is 11.1 Å². The van der Waals surface area contributed by atoms with Gasteiger partial charge in [0, 0.05) is 18.2 Å². The Labute approximate surface area is 107 Å². The molecule has 0 bridgehead atoms. The van der Waals surface area contributed by atoms with Crippen LogP contribution in [-0.2, 0) is 13.2 Å². The fourth-order valence-corrected chi connectivity index (χ4v) is 1.85. The van der Waals surface area contributed by atoms with E-state index < -0.39 is 11.7 Å². The number of anilines is 1. The molecule has 0 atom stereocenters. The minimum absolute atomic E-state index is 0.0944. The summed E-state index contributed by atoms with van der Waals surface area (Å²) >= 11 is 0. The molecule has 1 heterocycles. The van der Waals surface area contributed by atoms with Crippen LogP contribution in [0.4, 0.5) is 19.0 Å². The number of halogens is 3. The zero-order chi connectivity index (χ0) is 14.2. The van der Waals surface area contributed by atoms with Crippen LogP contribution in [-0.4, -0.2) is 16.9 Å². The van der Waals surface area contributed by atoms with Gasteiger partial charge in [0.05, 0.1) is 18.9 Å². The zero-order valence-corrected chi connectivity index (χ0v) is 10.3. The number of alkyl halides is 3. The highest BCUT2D eigenvalue weighted by Crippen LogP contribution is 2.43. The van der Waals surface area contributed by atoms with Gasteiger partial charge in [0.1, 0.15) is 11.6 Å². The van der Waals surface area contributed by atoms with Crippen molar-refractivity contribution >= 4 is 5.82 Å². The summed E-state index contributed by atoms with van der Waals surface area (Å²) < 4.78 is 45.5.